The molecule has 1 amide bonds. The van der Waals surface area contributed by atoms with Gasteiger partial charge in [-0.15, -0.1) is 0 Å². The second-order valence-electron chi connectivity index (χ2n) is 9.21. The first-order chi connectivity index (χ1) is 14.4. The largest absolute Gasteiger partial charge is 0.366 e. The first kappa shape index (κ1) is 21.7. The van der Waals surface area contributed by atoms with Gasteiger partial charge in [0.2, 0.25) is 5.91 Å². The highest BCUT2D eigenvalue weighted by molar-refractivity contribution is 5.94. The van der Waals surface area contributed by atoms with Gasteiger partial charge in [-0.2, -0.15) is 0 Å². The molecule has 4 aliphatic rings. The van der Waals surface area contributed by atoms with Crippen molar-refractivity contribution in [1.29, 1.82) is 0 Å². The predicted octanol–water partition coefficient (Wildman–Crippen LogP) is 2.18. The molecule has 4 fully saturated rings. The Morgan fingerprint density at radius 3 is 2.60 bits per heavy atom. The molecule has 1 unspecified atom stereocenters. The van der Waals surface area contributed by atoms with E-state index >= 15 is 0 Å². The summed E-state index contributed by atoms with van der Waals surface area (Å²) in [5.41, 5.74) is 0.204. The van der Waals surface area contributed by atoms with Crippen LogP contribution in [0.4, 0.5) is 0 Å². The van der Waals surface area contributed by atoms with Gasteiger partial charge in [0.05, 0.1) is 6.04 Å². The van der Waals surface area contributed by atoms with E-state index in [1.807, 2.05) is 6.92 Å². The van der Waals surface area contributed by atoms with Crippen LogP contribution in [-0.2, 0) is 23.8 Å². The lowest BCUT2D eigenvalue weighted by atomic mass is 9.81. The van der Waals surface area contributed by atoms with Crippen LogP contribution in [0, 0.1) is 5.92 Å². The molecule has 30 heavy (non-hydrogen) atoms. The van der Waals surface area contributed by atoms with E-state index in [1.54, 1.807) is 6.08 Å². The molecule has 1 aliphatic carbocycles. The molecular formula is C23H33NO6. The second kappa shape index (κ2) is 8.54. The number of hydrogen-bond donors (Lipinski definition) is 2. The van der Waals surface area contributed by atoms with Crippen LogP contribution in [0.5, 0.6) is 0 Å². The topological polar surface area (TPSA) is 101 Å². The molecule has 166 valence electrons. The summed E-state index contributed by atoms with van der Waals surface area (Å²) in [6.07, 6.45) is 9.12. The number of fused-ring (bicyclic) bond motifs is 4. The van der Waals surface area contributed by atoms with Crippen LogP contribution in [0.1, 0.15) is 59.3 Å². The summed E-state index contributed by atoms with van der Waals surface area (Å²) in [6.45, 7) is 6.40. The van der Waals surface area contributed by atoms with E-state index in [0.29, 0.717) is 12.3 Å². The van der Waals surface area contributed by atoms with Gasteiger partial charge >= 0.3 is 0 Å². The van der Waals surface area contributed by atoms with Gasteiger partial charge in [0, 0.05) is 12.5 Å². The Labute approximate surface area is 177 Å². The van der Waals surface area contributed by atoms with Crippen LogP contribution >= 0.6 is 0 Å². The maximum absolute atomic E-state index is 12.4. The Morgan fingerprint density at radius 1 is 1.23 bits per heavy atom. The number of aliphatic hydroxyl groups is 1. The van der Waals surface area contributed by atoms with Gasteiger partial charge < -0.3 is 24.6 Å². The van der Waals surface area contributed by atoms with Crippen LogP contribution in [0.3, 0.4) is 0 Å². The lowest BCUT2D eigenvalue weighted by molar-refractivity contribution is -0.159. The molecule has 7 heteroatoms. The van der Waals surface area contributed by atoms with Gasteiger partial charge in [-0.1, -0.05) is 57.3 Å². The van der Waals surface area contributed by atoms with Crippen molar-refractivity contribution in [2.75, 3.05) is 0 Å². The van der Waals surface area contributed by atoms with E-state index in [2.05, 4.69) is 25.2 Å². The van der Waals surface area contributed by atoms with Crippen LogP contribution in [-0.4, -0.2) is 59.1 Å². The maximum Gasteiger partial charge on any atom is 0.244 e. The summed E-state index contributed by atoms with van der Waals surface area (Å²) in [5, 5.41) is 13.2. The molecule has 2 N–H and O–H groups in total. The van der Waals surface area contributed by atoms with Crippen LogP contribution in [0.2, 0.25) is 0 Å². The molecule has 0 radical (unpaired) electrons. The molecule has 0 bridgehead atoms. The van der Waals surface area contributed by atoms with E-state index in [9.17, 15) is 14.7 Å². The molecule has 7 nitrogen and oxygen atoms in total. The van der Waals surface area contributed by atoms with E-state index < -0.39 is 30.1 Å². The van der Waals surface area contributed by atoms with Crippen LogP contribution in [0.25, 0.3) is 0 Å². The fourth-order valence-corrected chi connectivity index (χ4v) is 4.93. The molecule has 4 rings (SSSR count). The Morgan fingerprint density at radius 2 is 1.93 bits per heavy atom. The Bertz CT molecular complexity index is 726. The zero-order valence-corrected chi connectivity index (χ0v) is 18.0. The van der Waals surface area contributed by atoms with Gasteiger partial charge in [-0.3, -0.25) is 9.59 Å². The van der Waals surface area contributed by atoms with Crippen LogP contribution < -0.4 is 5.32 Å². The Kier molecular flexibility index (Phi) is 6.17. The number of carbonyl (C=O) groups is 2. The summed E-state index contributed by atoms with van der Waals surface area (Å²) in [5.74, 6) is 0.161. The predicted molar refractivity (Wildman–Crippen MR) is 110 cm³/mol. The maximum atomic E-state index is 12.4. The third kappa shape index (κ3) is 4.26. The molecule has 3 saturated heterocycles. The fourth-order valence-electron chi connectivity index (χ4n) is 4.93. The van der Waals surface area contributed by atoms with Gasteiger partial charge in [0.25, 0.3) is 0 Å². The van der Waals surface area contributed by atoms with Crippen molar-refractivity contribution < 1.29 is 28.9 Å². The molecule has 0 aromatic heterocycles. The average molecular weight is 420 g/mol. The van der Waals surface area contributed by atoms with E-state index in [-0.39, 0.29) is 23.9 Å². The normalized spacial score (nSPS) is 40.4. The van der Waals surface area contributed by atoms with Crippen molar-refractivity contribution in [3.8, 4) is 0 Å². The number of Topliss-reactive ketones (excluding diaryl/α,β-unsaturated/α-hetero) is 1. The van der Waals surface area contributed by atoms with Crippen molar-refractivity contribution in [1.82, 2.24) is 5.32 Å². The van der Waals surface area contributed by atoms with Crippen molar-refractivity contribution in [2.45, 2.75) is 102 Å². The second-order valence-corrected chi connectivity index (χ2v) is 9.21. The van der Waals surface area contributed by atoms with Crippen molar-refractivity contribution in [2.24, 2.45) is 5.92 Å². The molecule has 3 aliphatic heterocycles. The number of unbranched alkanes of at least 4 members (excludes halogenated alkanes) is 3. The number of aliphatic hydroxyl groups excluding tert-OH is 1. The van der Waals surface area contributed by atoms with E-state index in [0.717, 1.165) is 12.0 Å². The van der Waals surface area contributed by atoms with Crippen LogP contribution in [0.15, 0.2) is 23.8 Å². The number of rotatable bonds is 9. The number of epoxide rings is 2. The number of ketones is 1. The minimum absolute atomic E-state index is 0.0361. The fraction of sp³-hybridized carbons (Fsp3) is 0.739. The van der Waals surface area contributed by atoms with Gasteiger partial charge in [0.1, 0.15) is 30.0 Å². The summed E-state index contributed by atoms with van der Waals surface area (Å²) >= 11 is 0. The molecule has 1 saturated carbocycles. The lowest BCUT2D eigenvalue weighted by Gasteiger charge is -2.26. The minimum Gasteiger partial charge on any atom is -0.366 e. The number of amides is 1. The zero-order valence-electron chi connectivity index (χ0n) is 18.0. The Hall–Kier alpha value is -1.54. The van der Waals surface area contributed by atoms with Gasteiger partial charge in [-0.05, 0) is 19.3 Å². The summed E-state index contributed by atoms with van der Waals surface area (Å²) in [6, 6.07) is -0.563. The third-order valence-electron chi connectivity index (χ3n) is 6.62. The number of hydrogen-bond acceptors (Lipinski definition) is 6. The third-order valence-corrected chi connectivity index (χ3v) is 6.62. The first-order valence-electron chi connectivity index (χ1n) is 11.2. The smallest absolute Gasteiger partial charge is 0.244 e. The molecule has 3 heterocycles. The highest BCUT2D eigenvalue weighted by Crippen LogP contribution is 2.57. The quantitative estimate of drug-likeness (QED) is 0.257. The highest BCUT2D eigenvalue weighted by Gasteiger charge is 2.79. The number of ether oxygens (including phenoxy) is 3. The average Bonchev–Trinajstić information content (AvgIpc) is 3.60. The summed E-state index contributed by atoms with van der Waals surface area (Å²) in [7, 11) is 0. The monoisotopic (exact) mass is 419 g/mol. The SMILES string of the molecule is CCCCCC[C@@H](C)/C=C(C)/C=C/C(=O)N[C@@H]1CC2(O[C@H]1O)[C@@H]1O[C@@H]1C(=O)[C@@H]1O[C@@H]12. The summed E-state index contributed by atoms with van der Waals surface area (Å²) in [4.78, 5) is 24.3. The molecule has 1 spiro atoms. The lowest BCUT2D eigenvalue weighted by Crippen LogP contribution is -2.49. The highest BCUT2D eigenvalue weighted by atomic mass is 16.7. The standard InChI is InChI=1S/C23H33NO6/c1-4-5-6-7-8-13(2)11-14(3)9-10-16(25)24-15-12-23(30-22(15)27)20-18(28-20)17(26)19-21(23)29-19/h9-11,13,15,18-22,27H,4-8,12H2,1-3H3,(H,24,25)/b10-9+,14-11+/t13-,15-,18-,19+,20-,21+,22-,23?/m1/s1. The number of carbonyl (C=O) groups excluding carboxylic acids is 2. The number of allylic oxidation sites excluding steroid dienone is 3. The van der Waals surface area contributed by atoms with Crippen molar-refractivity contribution >= 4 is 11.7 Å². The zero-order chi connectivity index (χ0) is 21.5. The first-order valence-corrected chi connectivity index (χ1v) is 11.2. The van der Waals surface area contributed by atoms with Crippen molar-refractivity contribution in [3.05, 3.63) is 23.8 Å². The molecule has 0 aromatic rings. The number of nitrogens with one attached hydrogen (secondary N) is 1. The van der Waals surface area contributed by atoms with E-state index in [4.69, 9.17) is 14.2 Å². The molecule has 8 atom stereocenters. The van der Waals surface area contributed by atoms with Crippen molar-refractivity contribution in [3.63, 3.8) is 0 Å². The Balaban J connectivity index is 1.26. The minimum atomic E-state index is -1.15. The summed E-state index contributed by atoms with van der Waals surface area (Å²) < 4.78 is 16.8. The van der Waals surface area contributed by atoms with Gasteiger partial charge in [0.15, 0.2) is 12.1 Å². The van der Waals surface area contributed by atoms with Gasteiger partial charge in [-0.25, -0.2) is 0 Å². The molecule has 0 aromatic carbocycles. The molecular weight excluding hydrogens is 386 g/mol. The van der Waals surface area contributed by atoms with E-state index in [1.165, 1.54) is 31.8 Å².